The lowest BCUT2D eigenvalue weighted by molar-refractivity contribution is -0.209. The zero-order valence-corrected chi connectivity index (χ0v) is 12.5. The van der Waals surface area contributed by atoms with Crippen LogP contribution in [0.5, 0.6) is 0 Å². The SMILES string of the molecule is O=C(NC1=NCCS1)C(F)(F)C(F)(F)C(=O)NC1=NCCS1. The van der Waals surface area contributed by atoms with Gasteiger partial charge in [-0.05, 0) is 0 Å². The van der Waals surface area contributed by atoms with E-state index in [9.17, 15) is 27.2 Å². The smallest absolute Gasteiger partial charge is 0.300 e. The average molecular weight is 358 g/mol. The first-order chi connectivity index (χ1) is 10.2. The van der Waals surface area contributed by atoms with Crippen LogP contribution in [0.15, 0.2) is 9.98 Å². The second-order valence-corrected chi connectivity index (χ2v) is 6.29. The molecule has 2 heterocycles. The second kappa shape index (κ2) is 6.44. The van der Waals surface area contributed by atoms with Crippen molar-refractivity contribution in [3.05, 3.63) is 0 Å². The molecule has 122 valence electrons. The minimum Gasteiger partial charge on any atom is -0.300 e. The van der Waals surface area contributed by atoms with Gasteiger partial charge in [0.15, 0.2) is 10.3 Å². The van der Waals surface area contributed by atoms with E-state index in [0.29, 0.717) is 24.6 Å². The molecule has 0 saturated carbocycles. The van der Waals surface area contributed by atoms with Gasteiger partial charge in [-0.3, -0.25) is 30.2 Å². The molecule has 2 rings (SSSR count). The number of hydrogen-bond acceptors (Lipinski definition) is 6. The lowest BCUT2D eigenvalue weighted by Crippen LogP contribution is -2.60. The van der Waals surface area contributed by atoms with Gasteiger partial charge < -0.3 is 0 Å². The number of alkyl halides is 4. The monoisotopic (exact) mass is 358 g/mol. The molecule has 2 aliphatic rings. The van der Waals surface area contributed by atoms with E-state index in [0.717, 1.165) is 23.5 Å². The van der Waals surface area contributed by atoms with Crippen molar-refractivity contribution < 1.29 is 27.2 Å². The molecule has 0 saturated heterocycles. The number of carbonyl (C=O) groups excluding carboxylic acids is 2. The van der Waals surface area contributed by atoms with Crippen LogP contribution in [-0.2, 0) is 9.59 Å². The zero-order chi connectivity index (χ0) is 16.4. The van der Waals surface area contributed by atoms with Crippen LogP contribution >= 0.6 is 23.5 Å². The van der Waals surface area contributed by atoms with E-state index in [2.05, 4.69) is 9.98 Å². The van der Waals surface area contributed by atoms with Crippen molar-refractivity contribution in [3.63, 3.8) is 0 Å². The maximum absolute atomic E-state index is 13.6. The molecule has 0 spiro atoms. The molecule has 2 aliphatic heterocycles. The fraction of sp³-hybridized carbons (Fsp3) is 0.600. The van der Waals surface area contributed by atoms with Gasteiger partial charge in [0.05, 0.1) is 13.1 Å². The summed E-state index contributed by atoms with van der Waals surface area (Å²) >= 11 is 1.90. The topological polar surface area (TPSA) is 82.9 Å². The highest BCUT2D eigenvalue weighted by atomic mass is 32.2. The minimum absolute atomic E-state index is 0.170. The van der Waals surface area contributed by atoms with Crippen molar-refractivity contribution in [2.24, 2.45) is 9.98 Å². The molecule has 2 N–H and O–H groups in total. The number of amidine groups is 2. The van der Waals surface area contributed by atoms with Crippen LogP contribution in [-0.4, -0.2) is 58.6 Å². The van der Waals surface area contributed by atoms with Crippen molar-refractivity contribution in [1.29, 1.82) is 0 Å². The highest BCUT2D eigenvalue weighted by Gasteiger charge is 2.67. The Morgan fingerprint density at radius 2 is 1.23 bits per heavy atom. The van der Waals surface area contributed by atoms with E-state index in [1.807, 2.05) is 0 Å². The van der Waals surface area contributed by atoms with Gasteiger partial charge in [-0.1, -0.05) is 23.5 Å². The number of hydrogen-bond donors (Lipinski definition) is 2. The summed E-state index contributed by atoms with van der Waals surface area (Å²) < 4.78 is 54.6. The number of aliphatic imine (C=N–C) groups is 2. The largest absolute Gasteiger partial charge is 0.396 e. The van der Waals surface area contributed by atoms with Gasteiger partial charge in [0.1, 0.15) is 0 Å². The summed E-state index contributed by atoms with van der Waals surface area (Å²) in [6.07, 6.45) is 0. The third-order valence-electron chi connectivity index (χ3n) is 2.58. The molecule has 0 aromatic rings. The van der Waals surface area contributed by atoms with Crippen LogP contribution in [0.3, 0.4) is 0 Å². The fourth-order valence-electron chi connectivity index (χ4n) is 1.46. The van der Waals surface area contributed by atoms with Gasteiger partial charge in [-0.15, -0.1) is 0 Å². The van der Waals surface area contributed by atoms with E-state index in [1.165, 1.54) is 0 Å². The van der Waals surface area contributed by atoms with Crippen molar-refractivity contribution in [1.82, 2.24) is 10.6 Å². The number of amides is 2. The van der Waals surface area contributed by atoms with Gasteiger partial charge in [0.25, 0.3) is 0 Å². The predicted molar refractivity (Wildman–Crippen MR) is 75.7 cm³/mol. The van der Waals surface area contributed by atoms with Crippen molar-refractivity contribution in [2.75, 3.05) is 24.6 Å². The van der Waals surface area contributed by atoms with Crippen molar-refractivity contribution in [3.8, 4) is 0 Å². The first-order valence-electron chi connectivity index (χ1n) is 5.98. The van der Waals surface area contributed by atoms with Gasteiger partial charge in [-0.25, -0.2) is 0 Å². The van der Waals surface area contributed by atoms with Gasteiger partial charge in [0, 0.05) is 11.5 Å². The molecule has 0 atom stereocenters. The Morgan fingerprint density at radius 3 is 1.50 bits per heavy atom. The molecule has 0 fully saturated rings. The zero-order valence-electron chi connectivity index (χ0n) is 10.9. The highest BCUT2D eigenvalue weighted by Crippen LogP contribution is 2.35. The number of carbonyl (C=O) groups is 2. The van der Waals surface area contributed by atoms with Gasteiger partial charge >= 0.3 is 23.7 Å². The lowest BCUT2D eigenvalue weighted by Gasteiger charge is -2.24. The summed E-state index contributed by atoms with van der Waals surface area (Å²) in [5, 5.41) is 2.87. The summed E-state index contributed by atoms with van der Waals surface area (Å²) in [5.74, 6) is -14.1. The quantitative estimate of drug-likeness (QED) is 0.728. The first kappa shape index (κ1) is 17.1. The Hall–Kier alpha value is -1.30. The Bertz CT molecular complexity index is 505. The molecule has 0 aliphatic carbocycles. The number of rotatable bonds is 3. The Morgan fingerprint density at radius 1 is 0.864 bits per heavy atom. The molecule has 0 unspecified atom stereocenters. The summed E-state index contributed by atoms with van der Waals surface area (Å²) in [5.41, 5.74) is 0. The molecule has 0 bridgehead atoms. The first-order valence-corrected chi connectivity index (χ1v) is 7.95. The van der Waals surface area contributed by atoms with Gasteiger partial charge in [0.2, 0.25) is 0 Å². The molecular formula is C10H10F4N4O2S2. The second-order valence-electron chi connectivity index (χ2n) is 4.13. The minimum atomic E-state index is -5.22. The number of nitrogens with one attached hydrogen (secondary N) is 2. The van der Waals surface area contributed by atoms with Crippen LogP contribution in [0.25, 0.3) is 0 Å². The molecule has 0 aromatic carbocycles. The Labute approximate surface area is 130 Å². The molecule has 2 amide bonds. The van der Waals surface area contributed by atoms with Crippen LogP contribution in [0.2, 0.25) is 0 Å². The molecule has 6 nitrogen and oxygen atoms in total. The molecule has 0 radical (unpaired) electrons. The van der Waals surface area contributed by atoms with Crippen molar-refractivity contribution >= 4 is 45.7 Å². The van der Waals surface area contributed by atoms with Crippen molar-refractivity contribution in [2.45, 2.75) is 11.8 Å². The molecule has 0 aromatic heterocycles. The van der Waals surface area contributed by atoms with Crippen LogP contribution in [0.4, 0.5) is 17.6 Å². The van der Waals surface area contributed by atoms with E-state index >= 15 is 0 Å². The maximum atomic E-state index is 13.6. The summed E-state index contributed by atoms with van der Waals surface area (Å²) in [6, 6.07) is 0. The Balaban J connectivity index is 2.06. The average Bonchev–Trinajstić information content (AvgIpc) is 3.11. The van der Waals surface area contributed by atoms with E-state index in [4.69, 9.17) is 0 Å². The number of nitrogens with zero attached hydrogens (tertiary/aromatic N) is 2. The lowest BCUT2D eigenvalue weighted by atomic mass is 10.1. The summed E-state index contributed by atoms with van der Waals surface area (Å²) in [6.45, 7) is 0.583. The Kier molecular flexibility index (Phi) is 5.00. The van der Waals surface area contributed by atoms with E-state index < -0.39 is 23.7 Å². The summed E-state index contributed by atoms with van der Waals surface area (Å²) in [4.78, 5) is 30.0. The third kappa shape index (κ3) is 3.37. The standard InChI is InChI=1S/C10H10F4N4O2S2/c11-9(12,5(19)17-7-15-1-3-21-7)10(13,14)6(20)18-8-16-2-4-22-8/h1-4H2,(H,15,17,19)(H,16,18,20). The highest BCUT2D eigenvalue weighted by molar-refractivity contribution is 8.14. The third-order valence-corrected chi connectivity index (χ3v) is 4.36. The maximum Gasteiger partial charge on any atom is 0.396 e. The fourth-order valence-corrected chi connectivity index (χ4v) is 2.90. The molecule has 22 heavy (non-hydrogen) atoms. The van der Waals surface area contributed by atoms with E-state index in [1.54, 1.807) is 10.6 Å². The normalized spacial score (nSPS) is 18.7. The molecular weight excluding hydrogens is 348 g/mol. The number of halogens is 4. The summed E-state index contributed by atoms with van der Waals surface area (Å²) in [7, 11) is 0. The number of thioether (sulfide) groups is 2. The molecule has 12 heteroatoms. The predicted octanol–water partition coefficient (Wildman–Crippen LogP) is 0.695. The van der Waals surface area contributed by atoms with E-state index in [-0.39, 0.29) is 10.3 Å². The van der Waals surface area contributed by atoms with Gasteiger partial charge in [-0.2, -0.15) is 17.6 Å². The van der Waals surface area contributed by atoms with Crippen LogP contribution in [0, 0.1) is 0 Å². The van der Waals surface area contributed by atoms with Crippen LogP contribution < -0.4 is 10.6 Å². The van der Waals surface area contributed by atoms with Crippen LogP contribution in [0.1, 0.15) is 0 Å².